The fraction of sp³-hybridized carbons (Fsp3) is 0.500. The number of morpholine rings is 1. The van der Waals surface area contributed by atoms with Gasteiger partial charge in [-0.25, -0.2) is 4.79 Å². The van der Waals surface area contributed by atoms with Gasteiger partial charge in [0.25, 0.3) is 0 Å². The van der Waals surface area contributed by atoms with Gasteiger partial charge in [-0.3, -0.25) is 0 Å². The Hall–Kier alpha value is -1.50. The first-order valence-electron chi connectivity index (χ1n) is 6.64. The first-order valence-corrected chi connectivity index (χ1v) is 7.02. The lowest BCUT2D eigenvalue weighted by Gasteiger charge is -2.40. The summed E-state index contributed by atoms with van der Waals surface area (Å²) in [5.41, 5.74) is 7.03. The molecule has 3 N–H and O–H groups in total. The Labute approximate surface area is 128 Å². The molecule has 0 saturated carbocycles. The number of nitrogens with zero attached hydrogens (tertiary/aromatic N) is 1. The molecule has 1 aliphatic rings. The highest BCUT2D eigenvalue weighted by Crippen LogP contribution is 2.35. The number of nitrogen functional groups attached to an aromatic ring is 1. The van der Waals surface area contributed by atoms with E-state index in [1.807, 2.05) is 11.8 Å². The highest BCUT2D eigenvalue weighted by atomic mass is 35.5. The van der Waals surface area contributed by atoms with Crippen LogP contribution >= 0.6 is 11.6 Å². The maximum absolute atomic E-state index is 12.0. The molecule has 1 aliphatic heterocycles. The number of carbonyl (C=O) groups excluding carboxylic acids is 1. The third-order valence-electron chi connectivity index (χ3n) is 3.49. The molecule has 1 saturated heterocycles. The van der Waals surface area contributed by atoms with Crippen LogP contribution in [-0.4, -0.2) is 50.1 Å². The largest absolute Gasteiger partial charge is 0.465 e. The van der Waals surface area contributed by atoms with E-state index in [0.717, 1.165) is 0 Å². The van der Waals surface area contributed by atoms with Crippen molar-refractivity contribution >= 4 is 28.9 Å². The second-order valence-corrected chi connectivity index (χ2v) is 5.44. The third kappa shape index (κ3) is 3.23. The summed E-state index contributed by atoms with van der Waals surface area (Å²) >= 11 is 6.29. The minimum Gasteiger partial charge on any atom is -0.465 e. The van der Waals surface area contributed by atoms with E-state index in [4.69, 9.17) is 26.8 Å². The molecule has 0 spiro atoms. The Morgan fingerprint density at radius 3 is 2.95 bits per heavy atom. The van der Waals surface area contributed by atoms with Crippen LogP contribution in [-0.2, 0) is 9.47 Å². The van der Waals surface area contributed by atoms with Gasteiger partial charge >= 0.3 is 5.97 Å². The first-order chi connectivity index (χ1) is 9.97. The molecule has 1 heterocycles. The summed E-state index contributed by atoms with van der Waals surface area (Å²) in [5.74, 6) is -0.501. The van der Waals surface area contributed by atoms with Crippen LogP contribution in [0.15, 0.2) is 12.1 Å². The predicted octanol–water partition coefficient (Wildman–Crippen LogP) is 1.29. The Morgan fingerprint density at radius 1 is 1.62 bits per heavy atom. The van der Waals surface area contributed by atoms with Gasteiger partial charge in [0.1, 0.15) is 0 Å². The number of anilines is 2. The zero-order valence-electron chi connectivity index (χ0n) is 12.0. The Morgan fingerprint density at radius 2 is 2.33 bits per heavy atom. The van der Waals surface area contributed by atoms with Crippen molar-refractivity contribution in [3.05, 3.63) is 22.7 Å². The van der Waals surface area contributed by atoms with E-state index in [9.17, 15) is 9.90 Å². The van der Waals surface area contributed by atoms with E-state index in [-0.39, 0.29) is 18.8 Å². The highest BCUT2D eigenvalue weighted by Gasteiger charge is 2.30. The Balaban J connectivity index is 2.48. The number of aliphatic hydroxyl groups is 1. The second kappa shape index (κ2) is 6.51. The van der Waals surface area contributed by atoms with Crippen molar-refractivity contribution in [1.29, 1.82) is 0 Å². The van der Waals surface area contributed by atoms with Crippen molar-refractivity contribution in [2.45, 2.75) is 19.1 Å². The number of hydrogen-bond donors (Lipinski definition) is 2. The van der Waals surface area contributed by atoms with Crippen molar-refractivity contribution < 1.29 is 19.4 Å². The summed E-state index contributed by atoms with van der Waals surface area (Å²) in [4.78, 5) is 13.9. The minimum atomic E-state index is -0.501. The number of esters is 1. The average molecular weight is 315 g/mol. The average Bonchev–Trinajstić information content (AvgIpc) is 2.47. The summed E-state index contributed by atoms with van der Waals surface area (Å²) in [6.45, 7) is 2.74. The molecule has 6 nitrogen and oxygen atoms in total. The van der Waals surface area contributed by atoms with E-state index in [1.54, 1.807) is 12.1 Å². The SMILES string of the molecule is COC(=O)c1cc(N)cc(Cl)c1N1CC(CO)OCC1C. The molecule has 1 aromatic carbocycles. The number of ether oxygens (including phenoxy) is 2. The molecule has 2 rings (SSSR count). The minimum absolute atomic E-state index is 0.0114. The maximum Gasteiger partial charge on any atom is 0.340 e. The van der Waals surface area contributed by atoms with Gasteiger partial charge in [-0.2, -0.15) is 0 Å². The van der Waals surface area contributed by atoms with Gasteiger partial charge in [-0.05, 0) is 19.1 Å². The molecular formula is C14H19ClN2O4. The number of hydrogen-bond acceptors (Lipinski definition) is 6. The number of nitrogens with two attached hydrogens (primary N) is 1. The van der Waals surface area contributed by atoms with Gasteiger partial charge in [0, 0.05) is 18.3 Å². The summed E-state index contributed by atoms with van der Waals surface area (Å²) in [6, 6.07) is 3.15. The zero-order chi connectivity index (χ0) is 15.6. The summed E-state index contributed by atoms with van der Waals surface area (Å²) < 4.78 is 10.3. The molecule has 1 aromatic rings. The normalized spacial score (nSPS) is 22.2. The lowest BCUT2D eigenvalue weighted by atomic mass is 10.1. The van der Waals surface area contributed by atoms with Crippen LogP contribution in [0.5, 0.6) is 0 Å². The van der Waals surface area contributed by atoms with Gasteiger partial charge in [-0.15, -0.1) is 0 Å². The molecule has 2 atom stereocenters. The Bertz CT molecular complexity index is 538. The van der Waals surface area contributed by atoms with Crippen LogP contribution in [0.3, 0.4) is 0 Å². The molecule has 116 valence electrons. The Kier molecular flexibility index (Phi) is 4.92. The smallest absolute Gasteiger partial charge is 0.340 e. The van der Waals surface area contributed by atoms with Gasteiger partial charge in [0.2, 0.25) is 0 Å². The summed E-state index contributed by atoms with van der Waals surface area (Å²) in [7, 11) is 1.31. The molecule has 0 amide bonds. The highest BCUT2D eigenvalue weighted by molar-refractivity contribution is 6.34. The van der Waals surface area contributed by atoms with Crippen molar-refractivity contribution in [3.63, 3.8) is 0 Å². The fourth-order valence-electron chi connectivity index (χ4n) is 2.42. The van der Waals surface area contributed by atoms with E-state index in [0.29, 0.717) is 35.1 Å². The van der Waals surface area contributed by atoms with Crippen LogP contribution in [0.2, 0.25) is 5.02 Å². The lowest BCUT2D eigenvalue weighted by molar-refractivity contribution is -0.0104. The van der Waals surface area contributed by atoms with Crippen LogP contribution in [0.25, 0.3) is 0 Å². The lowest BCUT2D eigenvalue weighted by Crippen LogP contribution is -2.50. The van der Waals surface area contributed by atoms with Crippen molar-refractivity contribution in [1.82, 2.24) is 0 Å². The summed E-state index contributed by atoms with van der Waals surface area (Å²) in [5, 5.41) is 9.66. The summed E-state index contributed by atoms with van der Waals surface area (Å²) in [6.07, 6.45) is -0.319. The quantitative estimate of drug-likeness (QED) is 0.646. The van der Waals surface area contributed by atoms with Crippen LogP contribution in [0, 0.1) is 0 Å². The topological polar surface area (TPSA) is 85.0 Å². The fourth-order valence-corrected chi connectivity index (χ4v) is 2.75. The van der Waals surface area contributed by atoms with Crippen LogP contribution in [0.4, 0.5) is 11.4 Å². The third-order valence-corrected chi connectivity index (χ3v) is 3.78. The van der Waals surface area contributed by atoms with Crippen molar-refractivity contribution in [2.24, 2.45) is 0 Å². The standard InChI is InChI=1S/C14H19ClN2O4/c1-8-7-21-10(6-18)5-17(8)13-11(14(19)20-2)3-9(16)4-12(13)15/h3-4,8,10,18H,5-7,16H2,1-2H3. The molecule has 0 aliphatic carbocycles. The van der Waals surface area contributed by atoms with Crippen molar-refractivity contribution in [3.8, 4) is 0 Å². The zero-order valence-corrected chi connectivity index (χ0v) is 12.8. The van der Waals surface area contributed by atoms with Gasteiger partial charge in [0.05, 0.1) is 42.7 Å². The van der Waals surface area contributed by atoms with Gasteiger partial charge in [0.15, 0.2) is 0 Å². The van der Waals surface area contributed by atoms with E-state index in [2.05, 4.69) is 0 Å². The van der Waals surface area contributed by atoms with E-state index in [1.165, 1.54) is 7.11 Å². The maximum atomic E-state index is 12.0. The first kappa shape index (κ1) is 15.9. The van der Waals surface area contributed by atoms with E-state index < -0.39 is 5.97 Å². The monoisotopic (exact) mass is 314 g/mol. The number of halogens is 1. The second-order valence-electron chi connectivity index (χ2n) is 5.03. The number of carbonyl (C=O) groups is 1. The molecular weight excluding hydrogens is 296 g/mol. The van der Waals surface area contributed by atoms with Gasteiger partial charge in [-0.1, -0.05) is 11.6 Å². The molecule has 0 aromatic heterocycles. The van der Waals surface area contributed by atoms with E-state index >= 15 is 0 Å². The molecule has 1 fully saturated rings. The number of benzene rings is 1. The predicted molar refractivity (Wildman–Crippen MR) is 80.8 cm³/mol. The number of methoxy groups -OCH3 is 1. The molecule has 0 bridgehead atoms. The molecule has 2 unspecified atom stereocenters. The van der Waals surface area contributed by atoms with Crippen LogP contribution < -0.4 is 10.6 Å². The number of rotatable bonds is 3. The molecule has 21 heavy (non-hydrogen) atoms. The van der Waals surface area contributed by atoms with Crippen LogP contribution in [0.1, 0.15) is 17.3 Å². The number of aliphatic hydroxyl groups excluding tert-OH is 1. The molecule has 0 radical (unpaired) electrons. The molecule has 7 heteroatoms. The van der Waals surface area contributed by atoms with Crippen molar-refractivity contribution in [2.75, 3.05) is 37.5 Å². The van der Waals surface area contributed by atoms with Gasteiger partial charge < -0.3 is 25.2 Å².